The maximum atomic E-state index is 12.8. The Morgan fingerprint density at radius 3 is 2.74 bits per heavy atom. The lowest BCUT2D eigenvalue weighted by Crippen LogP contribution is -2.16. The summed E-state index contributed by atoms with van der Waals surface area (Å²) in [5, 5.41) is 7.18. The lowest BCUT2D eigenvalue weighted by Gasteiger charge is -2.05. The van der Waals surface area contributed by atoms with Crippen molar-refractivity contribution in [2.75, 3.05) is 5.32 Å². The average Bonchev–Trinajstić information content (AvgIpc) is 3.20. The molecule has 0 radical (unpaired) electrons. The first-order valence-corrected chi connectivity index (χ1v) is 8.96. The van der Waals surface area contributed by atoms with Crippen molar-refractivity contribution < 1.29 is 9.59 Å². The second-order valence-electron chi connectivity index (χ2n) is 6.46. The molecular formula is C20H23N5O2. The molecule has 7 nitrogen and oxygen atoms in total. The minimum Gasteiger partial charge on any atom is -0.354 e. The van der Waals surface area contributed by atoms with Crippen molar-refractivity contribution in [3.63, 3.8) is 0 Å². The Kier molecular flexibility index (Phi) is 5.49. The van der Waals surface area contributed by atoms with E-state index in [1.165, 1.54) is 6.92 Å². The highest BCUT2D eigenvalue weighted by molar-refractivity contribution is 6.07. The fraction of sp³-hybridized carbons (Fsp3) is 0.300. The molecule has 3 aromatic heterocycles. The Bertz CT molecular complexity index is 956. The van der Waals surface area contributed by atoms with Gasteiger partial charge in [-0.2, -0.15) is 5.10 Å². The molecule has 0 spiro atoms. The first-order valence-electron chi connectivity index (χ1n) is 8.96. The number of carbonyl (C=O) groups is 2. The number of nitrogens with zero attached hydrogens (tertiary/aromatic N) is 3. The van der Waals surface area contributed by atoms with Crippen LogP contribution in [0.1, 0.15) is 58.1 Å². The summed E-state index contributed by atoms with van der Waals surface area (Å²) < 4.78 is 1.71. The number of carbonyl (C=O) groups excluding carboxylic acids is 2. The Balaban J connectivity index is 1.78. The molecule has 3 heterocycles. The summed E-state index contributed by atoms with van der Waals surface area (Å²) in [5.74, 6) is 0.123. The molecule has 0 aliphatic heterocycles. The van der Waals surface area contributed by atoms with Crippen LogP contribution in [0.3, 0.4) is 0 Å². The summed E-state index contributed by atoms with van der Waals surface area (Å²) in [7, 11) is 0. The Hall–Kier alpha value is -3.22. The average molecular weight is 365 g/mol. The van der Waals surface area contributed by atoms with Crippen molar-refractivity contribution in [3.8, 4) is 0 Å². The van der Waals surface area contributed by atoms with Crippen molar-refractivity contribution in [2.45, 2.75) is 40.2 Å². The summed E-state index contributed by atoms with van der Waals surface area (Å²) in [5.41, 5.74) is 3.42. The maximum absolute atomic E-state index is 12.8. The van der Waals surface area contributed by atoms with Gasteiger partial charge in [0.2, 0.25) is 0 Å². The number of H-pyrrole nitrogens is 1. The van der Waals surface area contributed by atoms with Crippen LogP contribution < -0.4 is 5.32 Å². The fourth-order valence-corrected chi connectivity index (χ4v) is 3.20. The zero-order chi connectivity index (χ0) is 19.4. The third-order valence-corrected chi connectivity index (χ3v) is 4.30. The van der Waals surface area contributed by atoms with Crippen molar-refractivity contribution in [2.24, 2.45) is 0 Å². The SMILES string of the molecule is CCCc1c(C(=O)Nc2ccn(Cc3ccccn3)n2)[nH]c(C)c1C(C)=O. The van der Waals surface area contributed by atoms with Gasteiger partial charge in [0.1, 0.15) is 5.69 Å². The van der Waals surface area contributed by atoms with E-state index in [-0.39, 0.29) is 11.7 Å². The number of aromatic nitrogens is 4. The lowest BCUT2D eigenvalue weighted by atomic mass is 10.0. The summed E-state index contributed by atoms with van der Waals surface area (Å²) in [6, 6.07) is 7.44. The number of anilines is 1. The van der Waals surface area contributed by atoms with Crippen LogP contribution in [0, 0.1) is 6.92 Å². The van der Waals surface area contributed by atoms with Crippen molar-refractivity contribution in [3.05, 3.63) is 64.9 Å². The van der Waals surface area contributed by atoms with Gasteiger partial charge in [0, 0.05) is 29.7 Å². The van der Waals surface area contributed by atoms with E-state index in [4.69, 9.17) is 0 Å². The molecule has 0 aliphatic carbocycles. The molecule has 0 saturated heterocycles. The van der Waals surface area contributed by atoms with E-state index in [0.29, 0.717) is 30.0 Å². The van der Waals surface area contributed by atoms with E-state index in [9.17, 15) is 9.59 Å². The van der Waals surface area contributed by atoms with Crippen molar-refractivity contribution in [1.82, 2.24) is 19.7 Å². The van der Waals surface area contributed by atoms with Gasteiger partial charge in [0.05, 0.1) is 12.2 Å². The Labute approximate surface area is 157 Å². The number of hydrogen-bond acceptors (Lipinski definition) is 4. The molecule has 0 saturated carbocycles. The molecule has 2 N–H and O–H groups in total. The number of pyridine rings is 1. The molecule has 0 fully saturated rings. The van der Waals surface area contributed by atoms with Crippen molar-refractivity contribution in [1.29, 1.82) is 0 Å². The monoisotopic (exact) mass is 365 g/mol. The van der Waals surface area contributed by atoms with E-state index < -0.39 is 0 Å². The predicted octanol–water partition coefficient (Wildman–Crippen LogP) is 3.37. The van der Waals surface area contributed by atoms with Gasteiger partial charge in [-0.25, -0.2) is 0 Å². The summed E-state index contributed by atoms with van der Waals surface area (Å²) in [4.78, 5) is 32.0. The smallest absolute Gasteiger partial charge is 0.273 e. The third-order valence-electron chi connectivity index (χ3n) is 4.30. The van der Waals surface area contributed by atoms with Gasteiger partial charge >= 0.3 is 0 Å². The van der Waals surface area contributed by atoms with Crippen LogP contribution in [0.5, 0.6) is 0 Å². The van der Waals surface area contributed by atoms with E-state index in [2.05, 4.69) is 20.4 Å². The van der Waals surface area contributed by atoms with Gasteiger partial charge in [-0.05, 0) is 38.0 Å². The molecule has 0 unspecified atom stereocenters. The molecule has 3 aromatic rings. The number of rotatable bonds is 7. The summed E-state index contributed by atoms with van der Waals surface area (Å²) in [6.07, 6.45) is 5.03. The summed E-state index contributed by atoms with van der Waals surface area (Å²) >= 11 is 0. The molecular weight excluding hydrogens is 342 g/mol. The highest BCUT2D eigenvalue weighted by Gasteiger charge is 2.22. The number of nitrogens with one attached hydrogen (secondary N) is 2. The number of amides is 1. The highest BCUT2D eigenvalue weighted by Crippen LogP contribution is 2.22. The number of ketones is 1. The van der Waals surface area contributed by atoms with Crippen LogP contribution >= 0.6 is 0 Å². The van der Waals surface area contributed by atoms with E-state index in [0.717, 1.165) is 23.4 Å². The normalized spacial score (nSPS) is 10.8. The van der Waals surface area contributed by atoms with Crippen LogP contribution in [0.15, 0.2) is 36.7 Å². The minimum atomic E-state index is -0.294. The molecule has 0 aliphatic rings. The standard InChI is InChI=1S/C20H23N5O2/c1-4-7-16-18(14(3)26)13(2)22-19(16)20(27)23-17-9-11-25(24-17)12-15-8-5-6-10-21-15/h5-6,8-11,22H,4,7,12H2,1-3H3,(H,23,24,27). The molecule has 0 bridgehead atoms. The number of Topliss-reactive ketones (excluding diaryl/α,β-unsaturated/α-hetero) is 1. The molecule has 0 atom stereocenters. The van der Waals surface area contributed by atoms with Crippen LogP contribution in [0.25, 0.3) is 0 Å². The van der Waals surface area contributed by atoms with Crippen LogP contribution in [-0.4, -0.2) is 31.4 Å². The lowest BCUT2D eigenvalue weighted by molar-refractivity contribution is 0.101. The van der Waals surface area contributed by atoms with E-state index in [1.807, 2.05) is 32.0 Å². The van der Waals surface area contributed by atoms with E-state index in [1.54, 1.807) is 23.1 Å². The Morgan fingerprint density at radius 1 is 1.26 bits per heavy atom. The fourth-order valence-electron chi connectivity index (χ4n) is 3.20. The third kappa shape index (κ3) is 4.13. The predicted molar refractivity (Wildman–Crippen MR) is 103 cm³/mol. The second-order valence-corrected chi connectivity index (χ2v) is 6.46. The molecule has 1 amide bonds. The molecule has 3 rings (SSSR count). The molecule has 0 aromatic carbocycles. The Morgan fingerprint density at radius 2 is 2.07 bits per heavy atom. The van der Waals surface area contributed by atoms with Crippen molar-refractivity contribution >= 4 is 17.5 Å². The number of hydrogen-bond donors (Lipinski definition) is 2. The van der Waals surface area contributed by atoms with Crippen LogP contribution in [0.4, 0.5) is 5.82 Å². The molecule has 27 heavy (non-hydrogen) atoms. The molecule has 7 heteroatoms. The largest absolute Gasteiger partial charge is 0.354 e. The van der Waals surface area contributed by atoms with Gasteiger partial charge in [-0.1, -0.05) is 19.4 Å². The highest BCUT2D eigenvalue weighted by atomic mass is 16.2. The second kappa shape index (κ2) is 7.99. The minimum absolute atomic E-state index is 0.0362. The van der Waals surface area contributed by atoms with Crippen LogP contribution in [0.2, 0.25) is 0 Å². The first kappa shape index (κ1) is 18.6. The van der Waals surface area contributed by atoms with Crippen LogP contribution in [-0.2, 0) is 13.0 Å². The van der Waals surface area contributed by atoms with E-state index >= 15 is 0 Å². The quantitative estimate of drug-likeness (QED) is 0.628. The zero-order valence-corrected chi connectivity index (χ0v) is 15.7. The number of aryl methyl sites for hydroxylation is 1. The van der Waals surface area contributed by atoms with Gasteiger partial charge < -0.3 is 10.3 Å². The first-order chi connectivity index (χ1) is 13.0. The topological polar surface area (TPSA) is 92.7 Å². The van der Waals surface area contributed by atoms with Gasteiger partial charge in [-0.3, -0.25) is 19.3 Å². The maximum Gasteiger partial charge on any atom is 0.273 e. The van der Waals surface area contributed by atoms with Gasteiger partial charge in [-0.15, -0.1) is 0 Å². The molecule has 140 valence electrons. The van der Waals surface area contributed by atoms with Gasteiger partial charge in [0.25, 0.3) is 5.91 Å². The van der Waals surface area contributed by atoms with Gasteiger partial charge in [0.15, 0.2) is 11.6 Å². The zero-order valence-electron chi connectivity index (χ0n) is 15.7. The summed E-state index contributed by atoms with van der Waals surface area (Å²) in [6.45, 7) is 5.88. The number of aromatic amines is 1.